The van der Waals surface area contributed by atoms with E-state index in [2.05, 4.69) is 56.9 Å². The zero-order chi connectivity index (χ0) is 31.2. The Morgan fingerprint density at radius 3 is 2.00 bits per heavy atom. The van der Waals surface area contributed by atoms with Crippen molar-refractivity contribution in [1.82, 2.24) is 19.9 Å². The number of ketones is 1. The van der Waals surface area contributed by atoms with Crippen LogP contribution in [0.1, 0.15) is 90.8 Å². The second-order valence-electron chi connectivity index (χ2n) is 10.7. The third-order valence-corrected chi connectivity index (χ3v) is 7.86. The highest BCUT2D eigenvalue weighted by molar-refractivity contribution is 5.77. The molecule has 0 atom stereocenters. The summed E-state index contributed by atoms with van der Waals surface area (Å²) in [4.78, 5) is 33.7. The van der Waals surface area contributed by atoms with Crippen molar-refractivity contribution in [2.24, 2.45) is 11.1 Å². The number of rotatable bonds is 10. The van der Waals surface area contributed by atoms with E-state index in [0.29, 0.717) is 12.2 Å². The number of carbonyl (C=O) groups excluding carboxylic acids is 2. The van der Waals surface area contributed by atoms with E-state index < -0.39 is 0 Å². The number of Topliss-reactive ketones (excluding diaryl/α,β-unsaturated/α-hetero) is 1. The van der Waals surface area contributed by atoms with Crippen LogP contribution in [0.15, 0.2) is 55.0 Å². The SMILES string of the molecule is C=O.CC.CCC(=O)CCCCCCc1ncc(-c2ccc(-c3ccncc3)cc2)[nH]1.CN.CN1CCC2(CC1)CC2. The highest BCUT2D eigenvalue weighted by atomic mass is 16.1. The smallest absolute Gasteiger partial charge is 0.132 e. The second kappa shape index (κ2) is 21.5. The van der Waals surface area contributed by atoms with Crippen molar-refractivity contribution in [3.63, 3.8) is 0 Å². The van der Waals surface area contributed by atoms with Gasteiger partial charge in [-0.3, -0.25) is 9.78 Å². The maximum Gasteiger partial charge on any atom is 0.132 e. The third kappa shape index (κ3) is 13.2. The van der Waals surface area contributed by atoms with Gasteiger partial charge in [0.1, 0.15) is 18.4 Å². The molecule has 1 aliphatic heterocycles. The van der Waals surface area contributed by atoms with E-state index in [1.807, 2.05) is 58.3 Å². The predicted octanol–water partition coefficient (Wildman–Crippen LogP) is 7.52. The maximum absolute atomic E-state index is 11.3. The van der Waals surface area contributed by atoms with E-state index in [9.17, 15) is 4.79 Å². The highest BCUT2D eigenvalue weighted by Gasteiger charge is 2.43. The van der Waals surface area contributed by atoms with Gasteiger partial charge in [-0.15, -0.1) is 0 Å². The van der Waals surface area contributed by atoms with Gasteiger partial charge in [-0.2, -0.15) is 0 Å². The van der Waals surface area contributed by atoms with Crippen molar-refractivity contribution in [3.05, 3.63) is 60.8 Å². The van der Waals surface area contributed by atoms with Crippen LogP contribution in [0.5, 0.6) is 0 Å². The highest BCUT2D eigenvalue weighted by Crippen LogP contribution is 2.53. The molecule has 5 rings (SSSR count). The fourth-order valence-corrected chi connectivity index (χ4v) is 4.94. The molecular formula is C35H55N5O2. The summed E-state index contributed by atoms with van der Waals surface area (Å²) in [7, 11) is 3.73. The first-order valence-corrected chi connectivity index (χ1v) is 15.7. The number of likely N-dealkylation sites (tertiary alicyclic amines) is 1. The number of pyridine rings is 1. The summed E-state index contributed by atoms with van der Waals surface area (Å²) in [6.07, 6.45) is 18.3. The maximum atomic E-state index is 11.3. The van der Waals surface area contributed by atoms with Crippen molar-refractivity contribution in [2.45, 2.75) is 91.4 Å². The Morgan fingerprint density at radius 2 is 1.43 bits per heavy atom. The normalized spacial score (nSPS) is 14.4. The van der Waals surface area contributed by atoms with E-state index in [0.717, 1.165) is 61.0 Å². The molecular weight excluding hydrogens is 522 g/mol. The van der Waals surface area contributed by atoms with Crippen molar-refractivity contribution < 1.29 is 9.59 Å². The zero-order valence-corrected chi connectivity index (χ0v) is 26.8. The standard InChI is InChI=1S/C23H27N3O.C8H15N.C2H6.CH5N.CH2O/c1-2-21(27)7-5-3-4-6-8-23-25-17-22(26-23)20-11-9-18(10-12-20)19-13-15-24-16-14-19;1-9-6-4-8(2-3-8)5-7-9;3*1-2/h9-17H,2-8H2,1H3,(H,25,26);2-7H2,1H3;1-2H3;2H2,1H3;1H2. The van der Waals surface area contributed by atoms with Crippen LogP contribution in [0.2, 0.25) is 0 Å². The quantitative estimate of drug-likeness (QED) is 0.242. The van der Waals surface area contributed by atoms with Gasteiger partial charge in [0.25, 0.3) is 0 Å². The van der Waals surface area contributed by atoms with Crippen LogP contribution in [0.4, 0.5) is 0 Å². The number of unbranched alkanes of at least 4 members (excludes halogenated alkanes) is 3. The summed E-state index contributed by atoms with van der Waals surface area (Å²) in [6.45, 7) is 10.6. The Morgan fingerprint density at radius 1 is 0.881 bits per heavy atom. The first-order chi connectivity index (χ1) is 20.6. The fourth-order valence-electron chi connectivity index (χ4n) is 4.94. The molecule has 7 heteroatoms. The lowest BCUT2D eigenvalue weighted by molar-refractivity contribution is -0.118. The minimum Gasteiger partial charge on any atom is -0.342 e. The second-order valence-corrected chi connectivity index (χ2v) is 10.7. The Balaban J connectivity index is 0.000000485. The number of hydrogen-bond donors (Lipinski definition) is 2. The van der Waals surface area contributed by atoms with Gasteiger partial charge in [-0.05, 0) is 99.9 Å². The van der Waals surface area contributed by atoms with Crippen molar-refractivity contribution in [1.29, 1.82) is 0 Å². The summed E-state index contributed by atoms with van der Waals surface area (Å²) in [6, 6.07) is 12.5. The molecule has 0 amide bonds. The minimum absolute atomic E-state index is 0.376. The number of aromatic nitrogens is 3. The monoisotopic (exact) mass is 577 g/mol. The topological polar surface area (TPSA) is 105 Å². The van der Waals surface area contributed by atoms with Crippen LogP contribution in [-0.4, -0.2) is 59.6 Å². The van der Waals surface area contributed by atoms with Gasteiger partial charge in [-0.25, -0.2) is 4.98 Å². The Labute approximate surface area is 254 Å². The summed E-state index contributed by atoms with van der Waals surface area (Å²) in [5.74, 6) is 1.41. The van der Waals surface area contributed by atoms with Gasteiger partial charge in [0.2, 0.25) is 0 Å². The Bertz CT molecular complexity index is 1080. The molecule has 3 heterocycles. The fraction of sp³-hybridized carbons (Fsp3) is 0.543. The zero-order valence-electron chi connectivity index (χ0n) is 26.8. The van der Waals surface area contributed by atoms with E-state index in [4.69, 9.17) is 4.79 Å². The Hall–Kier alpha value is -3.16. The first-order valence-electron chi connectivity index (χ1n) is 15.7. The van der Waals surface area contributed by atoms with Crippen LogP contribution in [0.3, 0.4) is 0 Å². The van der Waals surface area contributed by atoms with Crippen LogP contribution in [-0.2, 0) is 16.0 Å². The van der Waals surface area contributed by atoms with E-state index >= 15 is 0 Å². The average Bonchev–Trinajstić information content (AvgIpc) is 3.67. The number of hydrogen-bond acceptors (Lipinski definition) is 6. The van der Waals surface area contributed by atoms with Crippen LogP contribution >= 0.6 is 0 Å². The number of nitrogens with one attached hydrogen (secondary N) is 1. The molecule has 0 unspecified atom stereocenters. The average molecular weight is 578 g/mol. The van der Waals surface area contributed by atoms with E-state index in [-0.39, 0.29) is 0 Å². The van der Waals surface area contributed by atoms with Crippen LogP contribution in [0, 0.1) is 5.41 Å². The molecule has 3 N–H and O–H groups in total. The molecule has 2 aromatic heterocycles. The van der Waals surface area contributed by atoms with E-state index in [1.165, 1.54) is 56.9 Å². The Kier molecular flexibility index (Phi) is 18.9. The molecule has 1 spiro atoms. The first kappa shape index (κ1) is 36.9. The lowest BCUT2D eigenvalue weighted by Gasteiger charge is -2.28. The number of nitrogens with zero attached hydrogens (tertiary/aromatic N) is 3. The molecule has 2 fully saturated rings. The van der Waals surface area contributed by atoms with Crippen LogP contribution in [0.25, 0.3) is 22.4 Å². The van der Waals surface area contributed by atoms with Gasteiger partial charge in [-0.1, -0.05) is 57.9 Å². The number of benzene rings is 1. The third-order valence-electron chi connectivity index (χ3n) is 7.86. The van der Waals surface area contributed by atoms with Gasteiger partial charge in [0, 0.05) is 31.7 Å². The number of H-pyrrole nitrogens is 1. The predicted molar refractivity (Wildman–Crippen MR) is 176 cm³/mol. The molecule has 1 saturated heterocycles. The number of carbonyl (C=O) groups is 2. The van der Waals surface area contributed by atoms with E-state index in [1.54, 1.807) is 0 Å². The summed E-state index contributed by atoms with van der Waals surface area (Å²) in [5.41, 5.74) is 9.92. The molecule has 1 aromatic carbocycles. The van der Waals surface area contributed by atoms with Gasteiger partial charge < -0.3 is 20.4 Å². The minimum atomic E-state index is 0.376. The molecule has 2 aliphatic rings. The molecule has 1 saturated carbocycles. The molecule has 7 nitrogen and oxygen atoms in total. The van der Waals surface area contributed by atoms with Gasteiger partial charge >= 0.3 is 0 Å². The lowest BCUT2D eigenvalue weighted by atomic mass is 9.94. The van der Waals surface area contributed by atoms with Crippen molar-refractivity contribution in [3.8, 4) is 22.4 Å². The van der Waals surface area contributed by atoms with Gasteiger partial charge in [0.15, 0.2) is 0 Å². The van der Waals surface area contributed by atoms with Crippen molar-refractivity contribution in [2.75, 3.05) is 27.2 Å². The van der Waals surface area contributed by atoms with Crippen LogP contribution < -0.4 is 5.73 Å². The van der Waals surface area contributed by atoms with Crippen molar-refractivity contribution >= 4 is 12.6 Å². The molecule has 1 aliphatic carbocycles. The summed E-state index contributed by atoms with van der Waals surface area (Å²) < 4.78 is 0. The largest absolute Gasteiger partial charge is 0.342 e. The number of nitrogens with two attached hydrogens (primary N) is 1. The molecule has 232 valence electrons. The van der Waals surface area contributed by atoms with Gasteiger partial charge in [0.05, 0.1) is 11.9 Å². The number of imidazole rings is 1. The lowest BCUT2D eigenvalue weighted by Crippen LogP contribution is -2.30. The summed E-state index contributed by atoms with van der Waals surface area (Å²) in [5, 5.41) is 0. The molecule has 0 bridgehead atoms. The number of aryl methyl sites for hydroxylation is 1. The molecule has 0 radical (unpaired) electrons. The molecule has 42 heavy (non-hydrogen) atoms. The number of aromatic amines is 1. The number of piperidine rings is 1. The summed E-state index contributed by atoms with van der Waals surface area (Å²) >= 11 is 0. The molecule has 3 aromatic rings.